The second-order valence-corrected chi connectivity index (χ2v) is 6.15. The summed E-state index contributed by atoms with van der Waals surface area (Å²) >= 11 is 0. The van der Waals surface area contributed by atoms with Crippen LogP contribution in [0.15, 0.2) is 0 Å². The third-order valence-corrected chi connectivity index (χ3v) is 4.83. The Morgan fingerprint density at radius 1 is 1.32 bits per heavy atom. The van der Waals surface area contributed by atoms with Crippen molar-refractivity contribution in [3.63, 3.8) is 0 Å². The highest BCUT2D eigenvalue weighted by molar-refractivity contribution is 5.93. The van der Waals surface area contributed by atoms with Gasteiger partial charge in [-0.3, -0.25) is 9.59 Å². The van der Waals surface area contributed by atoms with Crippen LogP contribution in [0.3, 0.4) is 0 Å². The first-order chi connectivity index (χ1) is 9.02. The number of amides is 2. The van der Waals surface area contributed by atoms with Gasteiger partial charge in [0.05, 0.1) is 0 Å². The van der Waals surface area contributed by atoms with Crippen LogP contribution in [0.25, 0.3) is 0 Å². The summed E-state index contributed by atoms with van der Waals surface area (Å²) in [5.74, 6) is 1.48. The molecule has 0 aromatic heterocycles. The lowest BCUT2D eigenvalue weighted by atomic mass is 9.90. The molecule has 1 N–H and O–H groups in total. The predicted octanol–water partition coefficient (Wildman–Crippen LogP) is 1.94. The van der Waals surface area contributed by atoms with Gasteiger partial charge in [-0.25, -0.2) is 0 Å². The highest BCUT2D eigenvalue weighted by Crippen LogP contribution is 2.37. The number of hydrogen-bond acceptors (Lipinski definition) is 2. The smallest absolute Gasteiger partial charge is 0.248 e. The molecule has 1 aliphatic heterocycles. The quantitative estimate of drug-likeness (QED) is 0.826. The Kier molecular flexibility index (Phi) is 4.16. The van der Waals surface area contributed by atoms with Gasteiger partial charge < -0.3 is 10.2 Å². The maximum atomic E-state index is 12.8. The van der Waals surface area contributed by atoms with Crippen molar-refractivity contribution < 1.29 is 9.59 Å². The number of rotatable bonds is 5. The van der Waals surface area contributed by atoms with E-state index in [1.54, 1.807) is 0 Å². The minimum Gasteiger partial charge on any atom is -0.342 e. The molecular weight excluding hydrogens is 240 g/mol. The van der Waals surface area contributed by atoms with Crippen molar-refractivity contribution in [2.75, 3.05) is 13.1 Å². The molecule has 1 saturated carbocycles. The van der Waals surface area contributed by atoms with Gasteiger partial charge in [-0.1, -0.05) is 20.8 Å². The summed E-state index contributed by atoms with van der Waals surface area (Å²) in [5, 5.41) is 2.96. The summed E-state index contributed by atoms with van der Waals surface area (Å²) in [7, 11) is 0. The van der Waals surface area contributed by atoms with Gasteiger partial charge in [0.25, 0.3) is 0 Å². The van der Waals surface area contributed by atoms with Gasteiger partial charge in [0.2, 0.25) is 11.8 Å². The Morgan fingerprint density at radius 2 is 1.95 bits per heavy atom. The number of hydrogen-bond donors (Lipinski definition) is 1. The SMILES string of the molecule is CCC1(CC)NC(=O)CCN(CC(C)C2CC2)C1=O. The molecule has 0 aromatic carbocycles. The Hall–Kier alpha value is -1.06. The summed E-state index contributed by atoms with van der Waals surface area (Å²) in [6.07, 6.45) is 4.37. The fraction of sp³-hybridized carbons (Fsp3) is 0.867. The minimum absolute atomic E-state index is 0.0126. The van der Waals surface area contributed by atoms with Crippen molar-refractivity contribution in [3.8, 4) is 0 Å². The molecule has 0 spiro atoms. The topological polar surface area (TPSA) is 49.4 Å². The van der Waals surface area contributed by atoms with Gasteiger partial charge in [0, 0.05) is 19.5 Å². The van der Waals surface area contributed by atoms with E-state index < -0.39 is 5.54 Å². The first kappa shape index (κ1) is 14.4. The summed E-state index contributed by atoms with van der Waals surface area (Å²) in [6.45, 7) is 7.57. The van der Waals surface area contributed by atoms with Crippen LogP contribution in [0.4, 0.5) is 0 Å². The van der Waals surface area contributed by atoms with Crippen molar-refractivity contribution in [3.05, 3.63) is 0 Å². The average molecular weight is 266 g/mol. The van der Waals surface area contributed by atoms with E-state index in [0.717, 1.165) is 12.5 Å². The average Bonchev–Trinajstić information content (AvgIpc) is 3.23. The lowest BCUT2D eigenvalue weighted by molar-refractivity contribution is -0.139. The zero-order valence-electron chi connectivity index (χ0n) is 12.4. The van der Waals surface area contributed by atoms with E-state index in [0.29, 0.717) is 31.7 Å². The number of carbonyl (C=O) groups excluding carboxylic acids is 2. The van der Waals surface area contributed by atoms with Crippen molar-refractivity contribution in [2.24, 2.45) is 11.8 Å². The van der Waals surface area contributed by atoms with Gasteiger partial charge in [0.1, 0.15) is 5.54 Å². The first-order valence-corrected chi connectivity index (χ1v) is 7.62. The highest BCUT2D eigenvalue weighted by Gasteiger charge is 2.42. The van der Waals surface area contributed by atoms with Crippen LogP contribution in [0.1, 0.15) is 52.9 Å². The molecule has 1 heterocycles. The van der Waals surface area contributed by atoms with Crippen LogP contribution in [0, 0.1) is 11.8 Å². The molecular formula is C15H26N2O2. The van der Waals surface area contributed by atoms with E-state index in [4.69, 9.17) is 0 Å². The monoisotopic (exact) mass is 266 g/mol. The van der Waals surface area contributed by atoms with Crippen LogP contribution in [-0.2, 0) is 9.59 Å². The second-order valence-electron chi connectivity index (χ2n) is 6.15. The molecule has 1 saturated heterocycles. The summed E-state index contributed by atoms with van der Waals surface area (Å²) in [4.78, 5) is 26.5. The van der Waals surface area contributed by atoms with Crippen LogP contribution in [0.2, 0.25) is 0 Å². The molecule has 4 heteroatoms. The first-order valence-electron chi connectivity index (χ1n) is 7.62. The largest absolute Gasteiger partial charge is 0.342 e. The van der Waals surface area contributed by atoms with Crippen molar-refractivity contribution >= 4 is 11.8 Å². The highest BCUT2D eigenvalue weighted by atomic mass is 16.2. The van der Waals surface area contributed by atoms with Crippen LogP contribution in [-0.4, -0.2) is 35.3 Å². The zero-order valence-corrected chi connectivity index (χ0v) is 12.4. The van der Waals surface area contributed by atoms with Gasteiger partial charge >= 0.3 is 0 Å². The summed E-state index contributed by atoms with van der Waals surface area (Å²) in [5.41, 5.74) is -0.670. The van der Waals surface area contributed by atoms with Crippen LogP contribution < -0.4 is 5.32 Å². The Bertz CT molecular complexity index is 359. The molecule has 108 valence electrons. The van der Waals surface area contributed by atoms with E-state index >= 15 is 0 Å². The molecule has 1 atom stereocenters. The zero-order chi connectivity index (χ0) is 14.0. The number of nitrogens with one attached hydrogen (secondary N) is 1. The van der Waals surface area contributed by atoms with E-state index in [-0.39, 0.29) is 11.8 Å². The normalized spacial score (nSPS) is 24.9. The third kappa shape index (κ3) is 2.93. The van der Waals surface area contributed by atoms with Crippen LogP contribution in [0.5, 0.6) is 0 Å². The van der Waals surface area contributed by atoms with Crippen molar-refractivity contribution in [1.82, 2.24) is 10.2 Å². The fourth-order valence-corrected chi connectivity index (χ4v) is 3.09. The molecule has 2 aliphatic rings. The molecule has 1 unspecified atom stereocenters. The standard InChI is InChI=1S/C15H26N2O2/c1-4-15(5-2)14(19)17(9-8-13(18)16-15)10-11(3)12-6-7-12/h11-12H,4-10H2,1-3H3,(H,16,18). The van der Waals surface area contributed by atoms with Gasteiger partial charge in [-0.05, 0) is 37.5 Å². The van der Waals surface area contributed by atoms with Gasteiger partial charge in [-0.15, -0.1) is 0 Å². The molecule has 4 nitrogen and oxygen atoms in total. The molecule has 2 rings (SSSR count). The van der Waals surface area contributed by atoms with Crippen molar-refractivity contribution in [2.45, 2.75) is 58.4 Å². The Labute approximate surface area is 115 Å². The molecule has 0 aromatic rings. The predicted molar refractivity (Wildman–Crippen MR) is 74.5 cm³/mol. The van der Waals surface area contributed by atoms with E-state index in [1.165, 1.54) is 12.8 Å². The Morgan fingerprint density at radius 3 is 2.47 bits per heavy atom. The Balaban J connectivity index is 2.13. The molecule has 0 radical (unpaired) electrons. The maximum Gasteiger partial charge on any atom is 0.248 e. The molecule has 1 aliphatic carbocycles. The van der Waals surface area contributed by atoms with E-state index in [1.807, 2.05) is 18.7 Å². The summed E-state index contributed by atoms with van der Waals surface area (Å²) in [6, 6.07) is 0. The van der Waals surface area contributed by atoms with Crippen molar-refractivity contribution in [1.29, 1.82) is 0 Å². The van der Waals surface area contributed by atoms with Gasteiger partial charge in [0.15, 0.2) is 0 Å². The number of carbonyl (C=O) groups is 2. The van der Waals surface area contributed by atoms with Gasteiger partial charge in [-0.2, -0.15) is 0 Å². The minimum atomic E-state index is -0.670. The van der Waals surface area contributed by atoms with E-state index in [2.05, 4.69) is 12.2 Å². The fourth-order valence-electron chi connectivity index (χ4n) is 3.09. The number of nitrogens with zero attached hydrogens (tertiary/aromatic N) is 1. The maximum absolute atomic E-state index is 12.8. The lowest BCUT2D eigenvalue weighted by Gasteiger charge is -2.34. The molecule has 2 amide bonds. The summed E-state index contributed by atoms with van der Waals surface area (Å²) < 4.78 is 0. The lowest BCUT2D eigenvalue weighted by Crippen LogP contribution is -2.57. The third-order valence-electron chi connectivity index (χ3n) is 4.83. The molecule has 0 bridgehead atoms. The molecule has 19 heavy (non-hydrogen) atoms. The van der Waals surface area contributed by atoms with Crippen LogP contribution >= 0.6 is 0 Å². The van der Waals surface area contributed by atoms with E-state index in [9.17, 15) is 9.59 Å². The molecule has 2 fully saturated rings. The second kappa shape index (κ2) is 5.51.